The van der Waals surface area contributed by atoms with Crippen LogP contribution in [0, 0.1) is 18.2 Å². The van der Waals surface area contributed by atoms with Gasteiger partial charge >= 0.3 is 0 Å². The number of benzene rings is 1. The van der Waals surface area contributed by atoms with Gasteiger partial charge in [-0.15, -0.1) is 0 Å². The summed E-state index contributed by atoms with van der Waals surface area (Å²) in [6.45, 7) is 6.16. The Morgan fingerprint density at radius 3 is 2.62 bits per heavy atom. The molecule has 0 bridgehead atoms. The van der Waals surface area contributed by atoms with E-state index >= 15 is 0 Å². The van der Waals surface area contributed by atoms with Crippen molar-refractivity contribution in [2.45, 2.75) is 39.5 Å². The van der Waals surface area contributed by atoms with Gasteiger partial charge in [0.1, 0.15) is 5.82 Å². The zero-order chi connectivity index (χ0) is 17.1. The first-order valence-electron chi connectivity index (χ1n) is 8.19. The lowest BCUT2D eigenvalue weighted by Gasteiger charge is -2.38. The second-order valence-electron chi connectivity index (χ2n) is 7.55. The maximum atomic E-state index is 13.4. The lowest BCUT2D eigenvalue weighted by atomic mass is 9.69. The number of nitrogens with one attached hydrogen (secondary N) is 2. The number of aryl methyl sites for hydroxylation is 1. The molecule has 0 spiro atoms. The average molecular weight is 325 g/mol. The zero-order valence-corrected chi connectivity index (χ0v) is 14.0. The number of ketones is 1. The first kappa shape index (κ1) is 15.1. The van der Waals surface area contributed by atoms with Crippen molar-refractivity contribution in [1.82, 2.24) is 10.2 Å². The number of allylic oxidation sites excluding steroid dienone is 2. The molecule has 1 aliphatic carbocycles. The largest absolute Gasteiger partial charge is 0.342 e. The molecule has 0 saturated carbocycles. The van der Waals surface area contributed by atoms with Gasteiger partial charge in [-0.1, -0.05) is 26.0 Å². The van der Waals surface area contributed by atoms with Gasteiger partial charge in [0.15, 0.2) is 11.6 Å². The van der Waals surface area contributed by atoms with E-state index in [2.05, 4.69) is 29.4 Å². The van der Waals surface area contributed by atoms with E-state index in [-0.39, 0.29) is 22.9 Å². The van der Waals surface area contributed by atoms with Crippen molar-refractivity contribution < 1.29 is 9.18 Å². The van der Waals surface area contributed by atoms with Gasteiger partial charge in [-0.2, -0.15) is 5.10 Å². The topological polar surface area (TPSA) is 57.8 Å². The Labute approximate surface area is 140 Å². The van der Waals surface area contributed by atoms with Crippen LogP contribution < -0.4 is 5.32 Å². The molecule has 0 radical (unpaired) electrons. The van der Waals surface area contributed by atoms with Crippen LogP contribution in [0.3, 0.4) is 0 Å². The Balaban J connectivity index is 1.93. The highest BCUT2D eigenvalue weighted by Gasteiger charge is 2.42. The Hall–Kier alpha value is -2.43. The molecule has 4 nitrogen and oxygen atoms in total. The summed E-state index contributed by atoms with van der Waals surface area (Å²) in [6.07, 6.45) is 1.33. The molecule has 0 unspecified atom stereocenters. The molecule has 0 amide bonds. The molecule has 2 heterocycles. The number of aromatic nitrogens is 2. The van der Waals surface area contributed by atoms with Gasteiger partial charge in [0, 0.05) is 34.9 Å². The number of hydrogen-bond acceptors (Lipinski definition) is 3. The number of carbonyl (C=O) groups excluding carboxylic acids is 1. The molecular formula is C19H20FN3O. The van der Waals surface area contributed by atoms with Gasteiger partial charge in [0.25, 0.3) is 0 Å². The molecular weight excluding hydrogens is 305 g/mol. The number of anilines is 1. The fourth-order valence-corrected chi connectivity index (χ4v) is 3.94. The maximum Gasteiger partial charge on any atom is 0.162 e. The summed E-state index contributed by atoms with van der Waals surface area (Å²) < 4.78 is 13.4. The third-order valence-corrected chi connectivity index (χ3v) is 4.96. The minimum atomic E-state index is -0.276. The van der Waals surface area contributed by atoms with Crippen LogP contribution in [0.25, 0.3) is 0 Å². The average Bonchev–Trinajstić information content (AvgIpc) is 2.86. The van der Waals surface area contributed by atoms with E-state index in [1.54, 1.807) is 12.1 Å². The molecule has 124 valence electrons. The summed E-state index contributed by atoms with van der Waals surface area (Å²) in [6, 6.07) is 6.42. The highest BCUT2D eigenvalue weighted by molar-refractivity contribution is 6.01. The zero-order valence-electron chi connectivity index (χ0n) is 14.0. The highest BCUT2D eigenvalue weighted by Crippen LogP contribution is 2.49. The van der Waals surface area contributed by atoms with Crippen LogP contribution in [0.4, 0.5) is 10.2 Å². The Morgan fingerprint density at radius 2 is 1.92 bits per heavy atom. The molecule has 24 heavy (non-hydrogen) atoms. The summed E-state index contributed by atoms with van der Waals surface area (Å²) in [5.41, 5.74) is 4.51. The normalized spacial score (nSPS) is 22.0. The predicted octanol–water partition coefficient (Wildman–Crippen LogP) is 4.06. The third kappa shape index (κ3) is 2.27. The minimum Gasteiger partial charge on any atom is -0.342 e. The Morgan fingerprint density at radius 1 is 1.21 bits per heavy atom. The van der Waals surface area contributed by atoms with Crippen LogP contribution in [0.1, 0.15) is 49.4 Å². The van der Waals surface area contributed by atoms with E-state index in [9.17, 15) is 9.18 Å². The lowest BCUT2D eigenvalue weighted by molar-refractivity contribution is -0.118. The van der Waals surface area contributed by atoms with Crippen LogP contribution in [0.15, 0.2) is 35.5 Å². The number of halogens is 1. The molecule has 1 aromatic heterocycles. The van der Waals surface area contributed by atoms with Gasteiger partial charge in [-0.05, 0) is 36.5 Å². The number of Topliss-reactive ketones (excluding diaryl/α,β-unsaturated/α-hetero) is 1. The molecule has 2 aliphatic rings. The lowest BCUT2D eigenvalue weighted by Crippen LogP contribution is -2.33. The van der Waals surface area contributed by atoms with Gasteiger partial charge in [0.05, 0.1) is 0 Å². The van der Waals surface area contributed by atoms with E-state index in [1.165, 1.54) is 12.1 Å². The molecule has 1 aromatic carbocycles. The number of fused-ring (bicyclic) bond motifs is 1. The number of rotatable bonds is 1. The number of aromatic amines is 1. The summed E-state index contributed by atoms with van der Waals surface area (Å²) in [4.78, 5) is 12.9. The first-order valence-corrected chi connectivity index (χ1v) is 8.19. The predicted molar refractivity (Wildman–Crippen MR) is 90.2 cm³/mol. The molecule has 2 N–H and O–H groups in total. The molecule has 4 rings (SSSR count). The second-order valence-corrected chi connectivity index (χ2v) is 7.55. The van der Waals surface area contributed by atoms with Crippen LogP contribution in [-0.4, -0.2) is 16.0 Å². The number of H-pyrrole nitrogens is 1. The first-order chi connectivity index (χ1) is 11.4. The minimum absolute atomic E-state index is 0.0703. The molecule has 1 atom stereocenters. The van der Waals surface area contributed by atoms with Crippen molar-refractivity contribution in [2.24, 2.45) is 5.41 Å². The maximum absolute atomic E-state index is 13.4. The Kier molecular flexibility index (Phi) is 3.17. The van der Waals surface area contributed by atoms with Crippen LogP contribution >= 0.6 is 0 Å². The van der Waals surface area contributed by atoms with Crippen molar-refractivity contribution in [3.8, 4) is 0 Å². The van der Waals surface area contributed by atoms with E-state index in [0.29, 0.717) is 6.42 Å². The van der Waals surface area contributed by atoms with E-state index in [4.69, 9.17) is 0 Å². The molecule has 1 aliphatic heterocycles. The fraction of sp³-hybridized carbons (Fsp3) is 0.368. The second kappa shape index (κ2) is 5.03. The standard InChI is InChI=1S/C19H20FN3O/c1-10-15-16(11-4-6-12(20)7-5-11)17-13(21-18(15)23-22-10)8-19(2,3)9-14(17)24/h4-7,16H,8-9H2,1-3H3,(H2,21,22,23)/t16-/m1/s1. The van der Waals surface area contributed by atoms with Crippen LogP contribution in [0.2, 0.25) is 0 Å². The molecule has 0 fully saturated rings. The SMILES string of the molecule is Cc1[nH]nc2c1[C@@H](c1ccc(F)cc1)C1=C(CC(C)(C)CC1=O)N2. The fourth-order valence-electron chi connectivity index (χ4n) is 3.94. The van der Waals surface area contributed by atoms with Crippen molar-refractivity contribution in [2.75, 3.05) is 5.32 Å². The monoisotopic (exact) mass is 325 g/mol. The highest BCUT2D eigenvalue weighted by atomic mass is 19.1. The summed E-state index contributed by atoms with van der Waals surface area (Å²) >= 11 is 0. The van der Waals surface area contributed by atoms with E-state index < -0.39 is 0 Å². The van der Waals surface area contributed by atoms with Gasteiger partial charge in [0.2, 0.25) is 0 Å². The van der Waals surface area contributed by atoms with Crippen molar-refractivity contribution in [1.29, 1.82) is 0 Å². The summed E-state index contributed by atoms with van der Waals surface area (Å²) in [5.74, 6) is 0.460. The smallest absolute Gasteiger partial charge is 0.162 e. The molecule has 0 saturated heterocycles. The third-order valence-electron chi connectivity index (χ3n) is 4.96. The van der Waals surface area contributed by atoms with E-state index in [1.807, 2.05) is 6.92 Å². The summed E-state index contributed by atoms with van der Waals surface area (Å²) in [7, 11) is 0. The quantitative estimate of drug-likeness (QED) is 0.831. The van der Waals surface area contributed by atoms with Crippen molar-refractivity contribution >= 4 is 11.6 Å². The number of nitrogens with zero attached hydrogens (tertiary/aromatic N) is 1. The van der Waals surface area contributed by atoms with Crippen LogP contribution in [-0.2, 0) is 4.79 Å². The number of carbonyl (C=O) groups is 1. The summed E-state index contributed by atoms with van der Waals surface area (Å²) in [5, 5.41) is 10.7. The van der Waals surface area contributed by atoms with Crippen molar-refractivity contribution in [3.63, 3.8) is 0 Å². The Bertz CT molecular complexity index is 861. The number of hydrogen-bond donors (Lipinski definition) is 2. The molecule has 5 heteroatoms. The van der Waals surface area contributed by atoms with Crippen molar-refractivity contribution in [3.05, 3.63) is 58.2 Å². The van der Waals surface area contributed by atoms with Gasteiger partial charge in [-0.25, -0.2) is 4.39 Å². The van der Waals surface area contributed by atoms with Gasteiger partial charge in [-0.3, -0.25) is 9.89 Å². The van der Waals surface area contributed by atoms with Gasteiger partial charge < -0.3 is 5.32 Å². The molecule has 2 aromatic rings. The van der Waals surface area contributed by atoms with Crippen LogP contribution in [0.5, 0.6) is 0 Å². The van der Waals surface area contributed by atoms with E-state index in [0.717, 1.165) is 40.3 Å².